The van der Waals surface area contributed by atoms with Gasteiger partial charge in [-0.25, -0.2) is 4.79 Å². The van der Waals surface area contributed by atoms with E-state index < -0.39 is 5.97 Å². The van der Waals surface area contributed by atoms with Crippen LogP contribution in [0.1, 0.15) is 6.92 Å². The van der Waals surface area contributed by atoms with E-state index in [1.54, 1.807) is 0 Å². The molecule has 0 aromatic rings. The Labute approximate surface area is 52.9 Å². The second-order valence-electron chi connectivity index (χ2n) is 1.49. The third-order valence-corrected chi connectivity index (χ3v) is 0.795. The number of hydrogen-bond donors (Lipinski definition) is 2. The maximum absolute atomic E-state index is 10.4. The van der Waals surface area contributed by atoms with Crippen LogP contribution in [0.5, 0.6) is 0 Å². The van der Waals surface area contributed by atoms with Gasteiger partial charge < -0.3 is 15.6 Å². The highest BCUT2D eigenvalue weighted by Crippen LogP contribution is 1.93. The molecule has 4 heteroatoms. The van der Waals surface area contributed by atoms with Gasteiger partial charge in [-0.3, -0.25) is 0 Å². The zero-order valence-electron chi connectivity index (χ0n) is 5.34. The van der Waals surface area contributed by atoms with Crippen molar-refractivity contribution in [3.05, 3.63) is 11.5 Å². The molecular formula is C5H9NO3. The minimum Gasteiger partial charge on any atom is -0.510 e. The summed E-state index contributed by atoms with van der Waals surface area (Å²) in [6, 6.07) is 0. The molecule has 9 heavy (non-hydrogen) atoms. The average Bonchev–Trinajstić information content (AvgIpc) is 1.84. The Kier molecular flexibility index (Phi) is 2.57. The van der Waals surface area contributed by atoms with Gasteiger partial charge in [0.1, 0.15) is 5.76 Å². The minimum absolute atomic E-state index is 0.221. The summed E-state index contributed by atoms with van der Waals surface area (Å²) in [5.41, 5.74) is 4.77. The lowest BCUT2D eigenvalue weighted by molar-refractivity contribution is -0.136. The van der Waals surface area contributed by atoms with Gasteiger partial charge >= 0.3 is 5.97 Å². The number of aliphatic hydroxyl groups is 1. The smallest absolute Gasteiger partial charge is 0.357 e. The normalized spacial score (nSPS) is 12.2. The molecule has 0 bridgehead atoms. The van der Waals surface area contributed by atoms with E-state index in [2.05, 4.69) is 4.74 Å². The molecule has 0 rings (SSSR count). The lowest BCUT2D eigenvalue weighted by Crippen LogP contribution is -2.14. The molecule has 0 amide bonds. The van der Waals surface area contributed by atoms with E-state index >= 15 is 0 Å². The number of carbonyl (C=O) groups is 1. The molecule has 0 saturated heterocycles. The molecule has 4 nitrogen and oxygen atoms in total. The zero-order valence-corrected chi connectivity index (χ0v) is 5.34. The second kappa shape index (κ2) is 2.96. The Hall–Kier alpha value is -1.19. The molecule has 3 N–H and O–H groups in total. The van der Waals surface area contributed by atoms with Crippen LogP contribution in [-0.4, -0.2) is 18.2 Å². The van der Waals surface area contributed by atoms with E-state index in [-0.39, 0.29) is 11.5 Å². The molecule has 0 heterocycles. The van der Waals surface area contributed by atoms with Gasteiger partial charge in [0.05, 0.1) is 7.11 Å². The number of hydrogen-bond acceptors (Lipinski definition) is 4. The van der Waals surface area contributed by atoms with E-state index in [9.17, 15) is 4.79 Å². The summed E-state index contributed by atoms with van der Waals surface area (Å²) >= 11 is 0. The third-order valence-electron chi connectivity index (χ3n) is 0.795. The van der Waals surface area contributed by atoms with Crippen molar-refractivity contribution in [2.45, 2.75) is 6.92 Å². The molecule has 0 radical (unpaired) electrons. The topological polar surface area (TPSA) is 72.5 Å². The molecule has 0 aliphatic rings. The van der Waals surface area contributed by atoms with Gasteiger partial charge in [0, 0.05) is 0 Å². The Morgan fingerprint density at radius 3 is 2.22 bits per heavy atom. The number of ether oxygens (including phenoxy) is 1. The Morgan fingerprint density at radius 1 is 1.67 bits per heavy atom. The van der Waals surface area contributed by atoms with E-state index in [0.717, 1.165) is 0 Å². The highest BCUT2D eigenvalue weighted by molar-refractivity contribution is 5.87. The van der Waals surface area contributed by atoms with Crippen molar-refractivity contribution in [1.82, 2.24) is 0 Å². The standard InChI is InChI=1S/C5H9NO3/c1-3(7)4(6)5(8)9-2/h7H,6H2,1-2H3/b4-3-. The van der Waals surface area contributed by atoms with E-state index in [1.807, 2.05) is 0 Å². The molecule has 0 fully saturated rings. The minimum atomic E-state index is -0.713. The maximum Gasteiger partial charge on any atom is 0.357 e. The Balaban J connectivity index is 4.21. The van der Waals surface area contributed by atoms with Gasteiger partial charge in [0.15, 0.2) is 5.70 Å². The monoisotopic (exact) mass is 131 g/mol. The molecule has 0 spiro atoms. The third kappa shape index (κ3) is 2.03. The van der Waals surface area contributed by atoms with Gasteiger partial charge in [-0.15, -0.1) is 0 Å². The maximum atomic E-state index is 10.4. The van der Waals surface area contributed by atoms with Crippen molar-refractivity contribution in [2.24, 2.45) is 5.73 Å². The van der Waals surface area contributed by atoms with E-state index in [0.29, 0.717) is 0 Å². The van der Waals surface area contributed by atoms with Gasteiger partial charge in [0.2, 0.25) is 0 Å². The molecule has 0 unspecified atom stereocenters. The van der Waals surface area contributed by atoms with Crippen molar-refractivity contribution in [1.29, 1.82) is 0 Å². The van der Waals surface area contributed by atoms with Gasteiger partial charge in [0.25, 0.3) is 0 Å². The SMILES string of the molecule is COC(=O)/C(N)=C(\C)O. The Bertz CT molecular complexity index is 146. The summed E-state index contributed by atoms with van der Waals surface area (Å²) in [6.45, 7) is 1.31. The van der Waals surface area contributed by atoms with Crippen LogP contribution in [0.15, 0.2) is 11.5 Å². The van der Waals surface area contributed by atoms with Gasteiger partial charge in [-0.2, -0.15) is 0 Å². The average molecular weight is 131 g/mol. The van der Waals surface area contributed by atoms with Crippen LogP contribution in [0.2, 0.25) is 0 Å². The predicted molar refractivity (Wildman–Crippen MR) is 31.5 cm³/mol. The fourth-order valence-corrected chi connectivity index (χ4v) is 0.258. The number of methoxy groups -OCH3 is 1. The van der Waals surface area contributed by atoms with Crippen LogP contribution in [0.4, 0.5) is 0 Å². The fraction of sp³-hybridized carbons (Fsp3) is 0.400. The Morgan fingerprint density at radius 2 is 2.11 bits per heavy atom. The first kappa shape index (κ1) is 7.81. The first-order chi connectivity index (χ1) is 4.09. The second-order valence-corrected chi connectivity index (χ2v) is 1.49. The highest BCUT2D eigenvalue weighted by Gasteiger charge is 2.06. The first-order valence-electron chi connectivity index (χ1n) is 2.33. The largest absolute Gasteiger partial charge is 0.510 e. The van der Waals surface area contributed by atoms with Gasteiger partial charge in [-0.1, -0.05) is 0 Å². The van der Waals surface area contributed by atoms with Crippen LogP contribution >= 0.6 is 0 Å². The van der Waals surface area contributed by atoms with Crippen LogP contribution in [-0.2, 0) is 9.53 Å². The van der Waals surface area contributed by atoms with E-state index in [4.69, 9.17) is 10.8 Å². The molecule has 0 aromatic carbocycles. The van der Waals surface area contributed by atoms with Crippen molar-refractivity contribution in [3.63, 3.8) is 0 Å². The summed E-state index contributed by atoms with van der Waals surface area (Å²) in [6.07, 6.45) is 0. The lowest BCUT2D eigenvalue weighted by Gasteiger charge is -1.97. The summed E-state index contributed by atoms with van der Waals surface area (Å²) in [7, 11) is 1.19. The summed E-state index contributed by atoms with van der Waals surface area (Å²) in [5.74, 6) is -0.933. The first-order valence-corrected chi connectivity index (χ1v) is 2.33. The van der Waals surface area contributed by atoms with Crippen LogP contribution < -0.4 is 5.73 Å². The van der Waals surface area contributed by atoms with Crippen molar-refractivity contribution in [2.75, 3.05) is 7.11 Å². The number of rotatable bonds is 1. The molecule has 0 aromatic heterocycles. The molecular weight excluding hydrogens is 122 g/mol. The number of esters is 1. The molecule has 52 valence electrons. The lowest BCUT2D eigenvalue weighted by atomic mass is 10.4. The van der Waals surface area contributed by atoms with Crippen LogP contribution in [0.3, 0.4) is 0 Å². The molecule has 0 atom stereocenters. The van der Waals surface area contributed by atoms with E-state index in [1.165, 1.54) is 14.0 Å². The molecule has 0 aliphatic heterocycles. The van der Waals surface area contributed by atoms with Crippen LogP contribution in [0.25, 0.3) is 0 Å². The number of allylic oxidation sites excluding steroid dienone is 1. The quantitative estimate of drug-likeness (QED) is 0.296. The fourth-order valence-electron chi connectivity index (χ4n) is 0.258. The zero-order chi connectivity index (χ0) is 7.44. The predicted octanol–water partition coefficient (Wildman–Crippen LogP) is -0.0924. The molecule has 0 aliphatic carbocycles. The number of nitrogens with two attached hydrogens (primary N) is 1. The number of aliphatic hydroxyl groups excluding tert-OH is 1. The highest BCUT2D eigenvalue weighted by atomic mass is 16.5. The summed E-state index contributed by atoms with van der Waals surface area (Å²) < 4.78 is 4.19. The van der Waals surface area contributed by atoms with Gasteiger partial charge in [-0.05, 0) is 6.92 Å². The van der Waals surface area contributed by atoms with Crippen molar-refractivity contribution < 1.29 is 14.6 Å². The van der Waals surface area contributed by atoms with Crippen LogP contribution in [0, 0.1) is 0 Å². The summed E-state index contributed by atoms with van der Waals surface area (Å²) in [5, 5.41) is 8.58. The van der Waals surface area contributed by atoms with Crippen molar-refractivity contribution in [3.8, 4) is 0 Å². The molecule has 0 saturated carbocycles. The summed E-state index contributed by atoms with van der Waals surface area (Å²) in [4.78, 5) is 10.4. The number of carbonyl (C=O) groups excluding carboxylic acids is 1. The van der Waals surface area contributed by atoms with Crippen molar-refractivity contribution >= 4 is 5.97 Å².